The van der Waals surface area contributed by atoms with Gasteiger partial charge in [0.15, 0.2) is 0 Å². The Morgan fingerprint density at radius 1 is 0.348 bits per heavy atom. The molecule has 0 unspecified atom stereocenters. The maximum absolute atomic E-state index is 5.36. The molecular weight excluding hydrogens is 560 g/mol. The van der Waals surface area contributed by atoms with E-state index in [0.29, 0.717) is 0 Å². The normalized spacial score (nSPS) is 11.5. The highest BCUT2D eigenvalue weighted by molar-refractivity contribution is 6.19. The van der Waals surface area contributed by atoms with E-state index >= 15 is 0 Å². The van der Waals surface area contributed by atoms with E-state index in [4.69, 9.17) is 19.9 Å². The quantitative estimate of drug-likeness (QED) is 0.193. The Bertz CT molecular complexity index is 2560. The number of pyridine rings is 4. The monoisotopic (exact) mass is 586 g/mol. The summed E-state index contributed by atoms with van der Waals surface area (Å²) in [6.07, 6.45) is 1.83. The van der Waals surface area contributed by atoms with E-state index in [0.717, 1.165) is 88.5 Å². The van der Waals surface area contributed by atoms with Crippen molar-refractivity contribution in [1.82, 2.24) is 19.9 Å². The van der Waals surface area contributed by atoms with Crippen molar-refractivity contribution < 1.29 is 0 Å². The largest absolute Gasteiger partial charge is 0.255 e. The third-order valence-electron chi connectivity index (χ3n) is 8.71. The number of fused-ring (bicyclic) bond motifs is 6. The highest BCUT2D eigenvalue weighted by Crippen LogP contribution is 2.41. The zero-order valence-electron chi connectivity index (χ0n) is 24.8. The molecule has 0 bridgehead atoms. The standard InChI is InChI=1S/C42H26N4/c1-3-11-27(12-4-1)31-15-9-18-34-38(31)33-17-10-16-32(41(33)46-42(34)37-19-7-8-26-43-37)36-25-23-30-21-20-29-22-24-35(28-13-5-2-6-14-28)44-39(29)40(30)45-36/h1-26H. The molecule has 4 heteroatoms. The van der Waals surface area contributed by atoms with Crippen molar-refractivity contribution in [3.8, 4) is 45.0 Å². The van der Waals surface area contributed by atoms with Gasteiger partial charge in [-0.15, -0.1) is 0 Å². The van der Waals surface area contributed by atoms with Crippen molar-refractivity contribution >= 4 is 43.5 Å². The molecule has 4 aromatic heterocycles. The van der Waals surface area contributed by atoms with Gasteiger partial charge < -0.3 is 0 Å². The molecule has 9 rings (SSSR count). The molecule has 46 heavy (non-hydrogen) atoms. The van der Waals surface area contributed by atoms with E-state index in [2.05, 4.69) is 115 Å². The lowest BCUT2D eigenvalue weighted by molar-refractivity contribution is 1.29. The van der Waals surface area contributed by atoms with Crippen LogP contribution in [-0.4, -0.2) is 19.9 Å². The van der Waals surface area contributed by atoms with Crippen molar-refractivity contribution in [3.05, 3.63) is 158 Å². The van der Waals surface area contributed by atoms with Gasteiger partial charge in [0, 0.05) is 44.3 Å². The molecule has 5 aromatic carbocycles. The van der Waals surface area contributed by atoms with Crippen LogP contribution in [0.4, 0.5) is 0 Å². The smallest absolute Gasteiger partial charge is 0.0972 e. The molecule has 0 spiro atoms. The summed E-state index contributed by atoms with van der Waals surface area (Å²) in [6, 6.07) is 52.4. The second-order valence-electron chi connectivity index (χ2n) is 11.4. The van der Waals surface area contributed by atoms with E-state index in [1.165, 1.54) is 0 Å². The Hall–Kier alpha value is -6.26. The fraction of sp³-hybridized carbons (Fsp3) is 0. The first-order chi connectivity index (χ1) is 22.8. The molecule has 0 amide bonds. The fourth-order valence-corrected chi connectivity index (χ4v) is 6.53. The minimum atomic E-state index is 0.838. The highest BCUT2D eigenvalue weighted by atomic mass is 14.8. The lowest BCUT2D eigenvalue weighted by Gasteiger charge is -2.16. The molecule has 0 N–H and O–H groups in total. The van der Waals surface area contributed by atoms with E-state index in [1.807, 2.05) is 42.6 Å². The Morgan fingerprint density at radius 2 is 0.957 bits per heavy atom. The van der Waals surface area contributed by atoms with Crippen molar-refractivity contribution in [3.63, 3.8) is 0 Å². The lowest BCUT2D eigenvalue weighted by atomic mass is 9.92. The number of hydrogen-bond acceptors (Lipinski definition) is 4. The number of nitrogens with zero attached hydrogens (tertiary/aromatic N) is 4. The first kappa shape index (κ1) is 26.2. The number of aromatic nitrogens is 4. The van der Waals surface area contributed by atoms with Crippen molar-refractivity contribution in [2.45, 2.75) is 0 Å². The van der Waals surface area contributed by atoms with Gasteiger partial charge in [-0.2, -0.15) is 0 Å². The van der Waals surface area contributed by atoms with Crippen molar-refractivity contribution in [2.24, 2.45) is 0 Å². The third kappa shape index (κ3) is 4.31. The fourth-order valence-electron chi connectivity index (χ4n) is 6.53. The molecule has 4 heterocycles. The average Bonchev–Trinajstić information content (AvgIpc) is 3.14. The van der Waals surface area contributed by atoms with Gasteiger partial charge in [0.1, 0.15) is 0 Å². The van der Waals surface area contributed by atoms with E-state index in [1.54, 1.807) is 0 Å². The summed E-state index contributed by atoms with van der Waals surface area (Å²) in [7, 11) is 0. The van der Waals surface area contributed by atoms with E-state index in [9.17, 15) is 0 Å². The summed E-state index contributed by atoms with van der Waals surface area (Å²) in [5, 5.41) is 5.41. The summed E-state index contributed by atoms with van der Waals surface area (Å²) in [5.74, 6) is 0. The van der Waals surface area contributed by atoms with Crippen LogP contribution >= 0.6 is 0 Å². The zero-order valence-corrected chi connectivity index (χ0v) is 24.8. The maximum atomic E-state index is 5.36. The maximum Gasteiger partial charge on any atom is 0.0972 e. The van der Waals surface area contributed by atoms with Crippen LogP contribution in [0.15, 0.2) is 158 Å². The molecule has 0 aliphatic carbocycles. The molecule has 0 fully saturated rings. The number of hydrogen-bond donors (Lipinski definition) is 0. The molecule has 0 saturated heterocycles. The molecule has 0 aliphatic rings. The molecule has 4 nitrogen and oxygen atoms in total. The van der Waals surface area contributed by atoms with E-state index in [-0.39, 0.29) is 0 Å². The van der Waals surface area contributed by atoms with Gasteiger partial charge in [-0.1, -0.05) is 127 Å². The number of benzene rings is 5. The Balaban J connectivity index is 1.34. The van der Waals surface area contributed by atoms with Crippen LogP contribution in [0.2, 0.25) is 0 Å². The molecule has 9 aromatic rings. The van der Waals surface area contributed by atoms with Crippen LogP contribution in [-0.2, 0) is 0 Å². The summed E-state index contributed by atoms with van der Waals surface area (Å²) < 4.78 is 0. The van der Waals surface area contributed by atoms with Crippen LogP contribution < -0.4 is 0 Å². The summed E-state index contributed by atoms with van der Waals surface area (Å²) >= 11 is 0. The molecule has 0 atom stereocenters. The third-order valence-corrected chi connectivity index (χ3v) is 8.71. The number of para-hydroxylation sites is 1. The SMILES string of the molecule is c1ccc(-c2ccc3ccc4ccc(-c5cccc6c5nc(-c5ccccn5)c5cccc(-c7ccccc7)c56)nc4c3n2)cc1. The molecule has 0 aliphatic heterocycles. The second kappa shape index (κ2) is 10.7. The van der Waals surface area contributed by atoms with Gasteiger partial charge in [0.25, 0.3) is 0 Å². The van der Waals surface area contributed by atoms with Crippen LogP contribution in [0.3, 0.4) is 0 Å². The minimum Gasteiger partial charge on any atom is -0.255 e. The Morgan fingerprint density at radius 3 is 1.67 bits per heavy atom. The first-order valence-corrected chi connectivity index (χ1v) is 15.4. The Labute approximate surface area is 265 Å². The van der Waals surface area contributed by atoms with Gasteiger partial charge in [-0.3, -0.25) is 4.98 Å². The molecular formula is C42H26N4. The highest BCUT2D eigenvalue weighted by Gasteiger charge is 2.18. The van der Waals surface area contributed by atoms with Crippen LogP contribution in [0.1, 0.15) is 0 Å². The molecule has 0 radical (unpaired) electrons. The number of rotatable bonds is 4. The van der Waals surface area contributed by atoms with E-state index < -0.39 is 0 Å². The van der Waals surface area contributed by atoms with Gasteiger partial charge in [-0.25, -0.2) is 15.0 Å². The Kier molecular flexibility index (Phi) is 6.10. The lowest BCUT2D eigenvalue weighted by Crippen LogP contribution is -1.96. The second-order valence-corrected chi connectivity index (χ2v) is 11.4. The summed E-state index contributed by atoms with van der Waals surface area (Å²) in [4.78, 5) is 20.5. The van der Waals surface area contributed by atoms with Gasteiger partial charge in [0.2, 0.25) is 0 Å². The zero-order chi connectivity index (χ0) is 30.5. The first-order valence-electron chi connectivity index (χ1n) is 15.4. The van der Waals surface area contributed by atoms with Crippen molar-refractivity contribution in [2.75, 3.05) is 0 Å². The van der Waals surface area contributed by atoms with Crippen molar-refractivity contribution in [1.29, 1.82) is 0 Å². The predicted molar refractivity (Wildman–Crippen MR) is 189 cm³/mol. The van der Waals surface area contributed by atoms with Crippen LogP contribution in [0, 0.1) is 0 Å². The minimum absolute atomic E-state index is 0.838. The van der Waals surface area contributed by atoms with Gasteiger partial charge in [-0.05, 0) is 35.4 Å². The summed E-state index contributed by atoms with van der Waals surface area (Å²) in [6.45, 7) is 0. The van der Waals surface area contributed by atoms with Crippen LogP contribution in [0.25, 0.3) is 88.5 Å². The average molecular weight is 587 g/mol. The topological polar surface area (TPSA) is 51.6 Å². The van der Waals surface area contributed by atoms with Gasteiger partial charge >= 0.3 is 0 Å². The van der Waals surface area contributed by atoms with Gasteiger partial charge in [0.05, 0.1) is 39.3 Å². The van der Waals surface area contributed by atoms with Crippen LogP contribution in [0.5, 0.6) is 0 Å². The molecule has 214 valence electrons. The predicted octanol–water partition coefficient (Wildman–Crippen LogP) is 10.5. The molecule has 0 saturated carbocycles. The summed E-state index contributed by atoms with van der Waals surface area (Å²) in [5.41, 5.74) is 10.5.